The summed E-state index contributed by atoms with van der Waals surface area (Å²) in [5.74, 6) is -0.271. The normalized spacial score (nSPS) is 11.3. The first kappa shape index (κ1) is 12.1. The van der Waals surface area contributed by atoms with Crippen LogP contribution in [0.25, 0.3) is 10.2 Å². The molecular weight excluding hydrogens is 236 g/mol. The predicted octanol–water partition coefficient (Wildman–Crippen LogP) is 2.47. The minimum Gasteiger partial charge on any atom is -0.461 e. The van der Waals surface area contributed by atoms with E-state index >= 15 is 0 Å². The van der Waals surface area contributed by atoms with E-state index in [1.165, 1.54) is 0 Å². The fourth-order valence-electron chi connectivity index (χ4n) is 1.81. The lowest BCUT2D eigenvalue weighted by molar-refractivity contribution is 0.0518. The summed E-state index contributed by atoms with van der Waals surface area (Å²) in [6.07, 6.45) is 0. The zero-order valence-electron chi connectivity index (χ0n) is 10.2. The summed E-state index contributed by atoms with van der Waals surface area (Å²) < 4.78 is 6.21. The highest BCUT2D eigenvalue weighted by molar-refractivity contribution is 7.17. The van der Waals surface area contributed by atoms with Gasteiger partial charge in [-0.1, -0.05) is 0 Å². The number of esters is 1. The number of fused-ring (bicyclic) bond motifs is 1. The standard InChI is InChI=1S/C12H16N2O2S/c1-4-16-12(15)10-8(7-14(2)3)11-9(13-10)5-6-17-11/h5-6,13H,4,7H2,1-3H3. The summed E-state index contributed by atoms with van der Waals surface area (Å²) >= 11 is 1.65. The molecule has 2 rings (SSSR count). The Morgan fingerprint density at radius 2 is 2.29 bits per heavy atom. The molecule has 2 heterocycles. The topological polar surface area (TPSA) is 45.3 Å². The first-order valence-corrected chi connectivity index (χ1v) is 6.41. The van der Waals surface area contributed by atoms with Crippen molar-refractivity contribution in [1.82, 2.24) is 9.88 Å². The van der Waals surface area contributed by atoms with Crippen LogP contribution in [0, 0.1) is 0 Å². The minimum atomic E-state index is -0.271. The van der Waals surface area contributed by atoms with E-state index in [0.29, 0.717) is 12.3 Å². The Labute approximate surface area is 104 Å². The van der Waals surface area contributed by atoms with Gasteiger partial charge in [0.25, 0.3) is 0 Å². The Morgan fingerprint density at radius 1 is 1.53 bits per heavy atom. The Balaban J connectivity index is 2.45. The number of H-pyrrole nitrogens is 1. The van der Waals surface area contributed by atoms with Crippen LogP contribution >= 0.6 is 11.3 Å². The third-order valence-corrected chi connectivity index (χ3v) is 3.43. The van der Waals surface area contributed by atoms with Crippen LogP contribution in [-0.2, 0) is 11.3 Å². The maximum absolute atomic E-state index is 11.8. The molecule has 0 aliphatic heterocycles. The summed E-state index contributed by atoms with van der Waals surface area (Å²) in [5, 5.41) is 2.02. The first-order valence-electron chi connectivity index (χ1n) is 5.53. The number of aromatic amines is 1. The molecule has 0 atom stereocenters. The van der Waals surface area contributed by atoms with Crippen LogP contribution in [0.15, 0.2) is 11.4 Å². The Morgan fingerprint density at radius 3 is 2.94 bits per heavy atom. The van der Waals surface area contributed by atoms with Crippen LogP contribution in [-0.4, -0.2) is 36.6 Å². The van der Waals surface area contributed by atoms with Crippen LogP contribution in [0.1, 0.15) is 23.0 Å². The molecule has 2 aromatic heterocycles. The minimum absolute atomic E-state index is 0.271. The van der Waals surface area contributed by atoms with Crippen molar-refractivity contribution in [2.75, 3.05) is 20.7 Å². The lowest BCUT2D eigenvalue weighted by Crippen LogP contribution is -2.14. The average molecular weight is 252 g/mol. The Hall–Kier alpha value is -1.33. The summed E-state index contributed by atoms with van der Waals surface area (Å²) in [6, 6.07) is 1.99. The second kappa shape index (κ2) is 4.89. The van der Waals surface area contributed by atoms with Crippen molar-refractivity contribution >= 4 is 27.5 Å². The van der Waals surface area contributed by atoms with Crippen LogP contribution in [0.4, 0.5) is 0 Å². The monoisotopic (exact) mass is 252 g/mol. The van der Waals surface area contributed by atoms with Gasteiger partial charge in [0.05, 0.1) is 16.8 Å². The number of thiophene rings is 1. The number of nitrogens with zero attached hydrogens (tertiary/aromatic N) is 1. The second-order valence-corrected chi connectivity index (χ2v) is 5.02. The van der Waals surface area contributed by atoms with E-state index < -0.39 is 0 Å². The maximum Gasteiger partial charge on any atom is 0.355 e. The predicted molar refractivity (Wildman–Crippen MR) is 69.5 cm³/mol. The van der Waals surface area contributed by atoms with E-state index in [0.717, 1.165) is 22.3 Å². The van der Waals surface area contributed by atoms with E-state index in [1.807, 2.05) is 37.4 Å². The number of aromatic nitrogens is 1. The largest absolute Gasteiger partial charge is 0.461 e. The number of rotatable bonds is 4. The summed E-state index contributed by atoms with van der Waals surface area (Å²) in [4.78, 5) is 17.0. The third-order valence-electron chi connectivity index (χ3n) is 2.45. The number of carbonyl (C=O) groups is 1. The molecule has 0 spiro atoms. The van der Waals surface area contributed by atoms with Gasteiger partial charge in [-0.15, -0.1) is 11.3 Å². The molecule has 0 radical (unpaired) electrons. The lowest BCUT2D eigenvalue weighted by atomic mass is 10.2. The van der Waals surface area contributed by atoms with Gasteiger partial charge in [-0.3, -0.25) is 0 Å². The molecule has 4 nitrogen and oxygen atoms in total. The van der Waals surface area contributed by atoms with Gasteiger partial charge in [0.1, 0.15) is 5.69 Å². The summed E-state index contributed by atoms with van der Waals surface area (Å²) in [7, 11) is 3.97. The van der Waals surface area contributed by atoms with Gasteiger partial charge in [-0.25, -0.2) is 4.79 Å². The molecule has 0 saturated heterocycles. The molecule has 0 aliphatic carbocycles. The molecular formula is C12H16N2O2S. The van der Waals surface area contributed by atoms with Gasteiger partial charge < -0.3 is 14.6 Å². The quantitative estimate of drug-likeness (QED) is 0.850. The molecule has 2 aromatic rings. The van der Waals surface area contributed by atoms with Crippen molar-refractivity contribution in [2.45, 2.75) is 13.5 Å². The number of nitrogens with one attached hydrogen (secondary N) is 1. The molecule has 0 aliphatic rings. The van der Waals surface area contributed by atoms with Crippen LogP contribution in [0.3, 0.4) is 0 Å². The highest BCUT2D eigenvalue weighted by Crippen LogP contribution is 2.28. The van der Waals surface area contributed by atoms with Gasteiger partial charge in [0, 0.05) is 12.1 Å². The highest BCUT2D eigenvalue weighted by Gasteiger charge is 2.19. The van der Waals surface area contributed by atoms with Crippen LogP contribution in [0.2, 0.25) is 0 Å². The second-order valence-electron chi connectivity index (χ2n) is 4.10. The molecule has 0 saturated carbocycles. The molecule has 0 aromatic carbocycles. The Kier molecular flexibility index (Phi) is 3.49. The number of ether oxygens (including phenoxy) is 1. The number of hydrogen-bond acceptors (Lipinski definition) is 4. The lowest BCUT2D eigenvalue weighted by Gasteiger charge is -2.10. The van der Waals surface area contributed by atoms with E-state index in [1.54, 1.807) is 11.3 Å². The van der Waals surface area contributed by atoms with Gasteiger partial charge in [0.15, 0.2) is 0 Å². The van der Waals surface area contributed by atoms with Gasteiger partial charge in [-0.05, 0) is 32.5 Å². The van der Waals surface area contributed by atoms with Crippen molar-refractivity contribution in [2.24, 2.45) is 0 Å². The molecule has 92 valence electrons. The van der Waals surface area contributed by atoms with Crippen molar-refractivity contribution in [1.29, 1.82) is 0 Å². The van der Waals surface area contributed by atoms with Gasteiger partial charge in [-0.2, -0.15) is 0 Å². The van der Waals surface area contributed by atoms with E-state index in [9.17, 15) is 4.79 Å². The molecule has 0 unspecified atom stereocenters. The summed E-state index contributed by atoms with van der Waals surface area (Å²) in [5.41, 5.74) is 2.62. The maximum atomic E-state index is 11.8. The van der Waals surface area contributed by atoms with Crippen molar-refractivity contribution in [3.8, 4) is 0 Å². The molecule has 0 bridgehead atoms. The zero-order valence-corrected chi connectivity index (χ0v) is 11.1. The van der Waals surface area contributed by atoms with Crippen molar-refractivity contribution in [3.63, 3.8) is 0 Å². The van der Waals surface area contributed by atoms with Crippen LogP contribution in [0.5, 0.6) is 0 Å². The molecule has 1 N–H and O–H groups in total. The first-order chi connectivity index (χ1) is 8.13. The fourth-order valence-corrected chi connectivity index (χ4v) is 2.70. The average Bonchev–Trinajstić information content (AvgIpc) is 2.80. The molecule has 0 fully saturated rings. The van der Waals surface area contributed by atoms with E-state index in [2.05, 4.69) is 4.98 Å². The number of carbonyl (C=O) groups excluding carboxylic acids is 1. The highest BCUT2D eigenvalue weighted by atomic mass is 32.1. The Bertz CT molecular complexity index is 528. The smallest absolute Gasteiger partial charge is 0.355 e. The molecule has 17 heavy (non-hydrogen) atoms. The van der Waals surface area contributed by atoms with Gasteiger partial charge >= 0.3 is 5.97 Å². The summed E-state index contributed by atoms with van der Waals surface area (Å²) in [6.45, 7) is 2.94. The SMILES string of the molecule is CCOC(=O)c1[nH]c2ccsc2c1CN(C)C. The van der Waals surface area contributed by atoms with Crippen molar-refractivity contribution < 1.29 is 9.53 Å². The van der Waals surface area contributed by atoms with E-state index in [4.69, 9.17) is 4.74 Å². The van der Waals surface area contributed by atoms with Crippen LogP contribution < -0.4 is 0 Å². The third kappa shape index (κ3) is 2.35. The zero-order chi connectivity index (χ0) is 12.4. The van der Waals surface area contributed by atoms with Crippen molar-refractivity contribution in [3.05, 3.63) is 22.7 Å². The molecule has 5 heteroatoms. The fraction of sp³-hybridized carbons (Fsp3) is 0.417. The number of hydrogen-bond donors (Lipinski definition) is 1. The van der Waals surface area contributed by atoms with Gasteiger partial charge in [0.2, 0.25) is 0 Å². The van der Waals surface area contributed by atoms with E-state index in [-0.39, 0.29) is 5.97 Å². The molecule has 0 amide bonds.